The van der Waals surface area contributed by atoms with E-state index in [-0.39, 0.29) is 5.91 Å². The molecule has 5 heteroatoms. The van der Waals surface area contributed by atoms with E-state index in [2.05, 4.69) is 34.0 Å². The zero-order chi connectivity index (χ0) is 17.2. The molecule has 25 heavy (non-hydrogen) atoms. The van der Waals surface area contributed by atoms with Crippen LogP contribution in [0.5, 0.6) is 0 Å². The van der Waals surface area contributed by atoms with Crippen molar-refractivity contribution in [1.82, 2.24) is 19.4 Å². The maximum atomic E-state index is 13.0. The third-order valence-electron chi connectivity index (χ3n) is 5.71. The van der Waals surface area contributed by atoms with Crippen molar-refractivity contribution >= 4 is 5.91 Å². The van der Waals surface area contributed by atoms with E-state index in [4.69, 9.17) is 0 Å². The maximum Gasteiger partial charge on any atom is 0.254 e. The molecule has 2 unspecified atom stereocenters. The van der Waals surface area contributed by atoms with Gasteiger partial charge in [-0.15, -0.1) is 0 Å². The first-order valence-corrected chi connectivity index (χ1v) is 9.28. The van der Waals surface area contributed by atoms with Gasteiger partial charge >= 0.3 is 0 Å². The molecular formula is C20H26N4O. The third-order valence-corrected chi connectivity index (χ3v) is 5.71. The Kier molecular flexibility index (Phi) is 4.57. The van der Waals surface area contributed by atoms with Crippen molar-refractivity contribution in [3.63, 3.8) is 0 Å². The van der Waals surface area contributed by atoms with Gasteiger partial charge in [-0.3, -0.25) is 4.79 Å². The van der Waals surface area contributed by atoms with Crippen LogP contribution in [0.4, 0.5) is 0 Å². The van der Waals surface area contributed by atoms with Gasteiger partial charge in [0.05, 0.1) is 6.33 Å². The summed E-state index contributed by atoms with van der Waals surface area (Å²) in [6, 6.07) is 8.97. The highest BCUT2D eigenvalue weighted by Crippen LogP contribution is 2.30. The Morgan fingerprint density at radius 1 is 1.12 bits per heavy atom. The fourth-order valence-corrected chi connectivity index (χ4v) is 4.38. The fraction of sp³-hybridized carbons (Fsp3) is 0.500. The number of aromatic nitrogens is 2. The van der Waals surface area contributed by atoms with Gasteiger partial charge in [-0.1, -0.05) is 12.1 Å². The largest absolute Gasteiger partial charge is 0.334 e. The summed E-state index contributed by atoms with van der Waals surface area (Å²) in [5, 5.41) is 0. The van der Waals surface area contributed by atoms with Crippen molar-refractivity contribution in [2.24, 2.45) is 0 Å². The molecule has 2 aliphatic heterocycles. The molecule has 5 nitrogen and oxygen atoms in total. The molecule has 2 fully saturated rings. The molecule has 2 aromatic rings. The van der Waals surface area contributed by atoms with Gasteiger partial charge in [0.15, 0.2) is 0 Å². The zero-order valence-corrected chi connectivity index (χ0v) is 14.8. The highest BCUT2D eigenvalue weighted by atomic mass is 16.2. The van der Waals surface area contributed by atoms with Crippen LogP contribution >= 0.6 is 0 Å². The number of carbonyl (C=O) groups excluding carboxylic acids is 1. The van der Waals surface area contributed by atoms with Crippen molar-refractivity contribution in [2.75, 3.05) is 20.1 Å². The molecule has 132 valence electrons. The van der Waals surface area contributed by atoms with Crippen LogP contribution in [-0.4, -0.2) is 57.5 Å². The lowest BCUT2D eigenvalue weighted by Crippen LogP contribution is -2.47. The summed E-state index contributed by atoms with van der Waals surface area (Å²) in [6.45, 7) is 2.84. The predicted octanol–water partition coefficient (Wildman–Crippen LogP) is 2.63. The number of rotatable bonds is 4. The fourth-order valence-electron chi connectivity index (χ4n) is 4.38. The topological polar surface area (TPSA) is 41.4 Å². The Hall–Kier alpha value is -2.14. The lowest BCUT2D eigenvalue weighted by molar-refractivity contribution is 0.0664. The molecule has 0 N–H and O–H groups in total. The number of amides is 1. The number of likely N-dealkylation sites (N-methyl/N-ethyl adjacent to an activating group) is 1. The van der Waals surface area contributed by atoms with Gasteiger partial charge in [0, 0.05) is 43.1 Å². The molecule has 3 heterocycles. The summed E-state index contributed by atoms with van der Waals surface area (Å²) >= 11 is 0. The summed E-state index contributed by atoms with van der Waals surface area (Å²) < 4.78 is 2.03. The number of hydrogen-bond acceptors (Lipinski definition) is 3. The lowest BCUT2D eigenvalue weighted by Gasteiger charge is -2.33. The molecule has 1 aromatic heterocycles. The van der Waals surface area contributed by atoms with Gasteiger partial charge in [-0.25, -0.2) is 4.98 Å². The predicted molar refractivity (Wildman–Crippen MR) is 97.5 cm³/mol. The third kappa shape index (κ3) is 3.33. The molecule has 4 rings (SSSR count). The van der Waals surface area contributed by atoms with Gasteiger partial charge in [0.2, 0.25) is 0 Å². The van der Waals surface area contributed by atoms with E-state index >= 15 is 0 Å². The number of nitrogens with zero attached hydrogens (tertiary/aromatic N) is 4. The number of hydrogen-bond donors (Lipinski definition) is 0. The Morgan fingerprint density at radius 3 is 2.56 bits per heavy atom. The van der Waals surface area contributed by atoms with Crippen LogP contribution in [-0.2, 0) is 6.54 Å². The molecule has 1 amide bonds. The minimum atomic E-state index is 0.192. The quantitative estimate of drug-likeness (QED) is 0.860. The number of benzene rings is 1. The van der Waals surface area contributed by atoms with E-state index in [1.807, 2.05) is 29.2 Å². The van der Waals surface area contributed by atoms with Crippen molar-refractivity contribution < 1.29 is 4.79 Å². The van der Waals surface area contributed by atoms with Crippen LogP contribution < -0.4 is 0 Å². The van der Waals surface area contributed by atoms with E-state index in [0.29, 0.717) is 12.1 Å². The minimum Gasteiger partial charge on any atom is -0.334 e. The van der Waals surface area contributed by atoms with Gasteiger partial charge in [-0.05, 0) is 57.0 Å². The molecular weight excluding hydrogens is 312 g/mol. The molecule has 2 aliphatic rings. The molecule has 0 spiro atoms. The van der Waals surface area contributed by atoms with Crippen molar-refractivity contribution in [1.29, 1.82) is 0 Å². The van der Waals surface area contributed by atoms with Gasteiger partial charge in [-0.2, -0.15) is 0 Å². The highest BCUT2D eigenvalue weighted by Gasteiger charge is 2.38. The standard InChI is InChI=1S/C20H26N4O/c1-22-11-2-4-18(22)19-5-3-12-24(19)20(25)17-8-6-16(7-9-17)14-23-13-10-21-15-23/h6-10,13,15,18-19H,2-5,11-12,14H2,1H3. The minimum absolute atomic E-state index is 0.192. The summed E-state index contributed by atoms with van der Waals surface area (Å²) in [6.07, 6.45) is 10.3. The first-order chi connectivity index (χ1) is 12.2. The first kappa shape index (κ1) is 16.3. The molecule has 0 saturated carbocycles. The maximum absolute atomic E-state index is 13.0. The summed E-state index contributed by atoms with van der Waals surface area (Å²) in [4.78, 5) is 21.7. The number of imidazole rings is 1. The van der Waals surface area contributed by atoms with Gasteiger partial charge < -0.3 is 14.4 Å². The monoisotopic (exact) mass is 338 g/mol. The number of likely N-dealkylation sites (tertiary alicyclic amines) is 2. The SMILES string of the molecule is CN1CCCC1C1CCCN1C(=O)c1ccc(Cn2ccnc2)cc1. The van der Waals surface area contributed by atoms with Gasteiger partial charge in [0.1, 0.15) is 0 Å². The van der Waals surface area contributed by atoms with E-state index in [0.717, 1.165) is 38.0 Å². The molecule has 0 bridgehead atoms. The van der Waals surface area contributed by atoms with Crippen LogP contribution in [0.25, 0.3) is 0 Å². The lowest BCUT2D eigenvalue weighted by atomic mass is 10.0. The van der Waals surface area contributed by atoms with Crippen LogP contribution in [0, 0.1) is 0 Å². The van der Waals surface area contributed by atoms with Crippen LogP contribution in [0.15, 0.2) is 43.0 Å². The molecule has 2 atom stereocenters. The smallest absolute Gasteiger partial charge is 0.254 e. The van der Waals surface area contributed by atoms with Crippen LogP contribution in [0.3, 0.4) is 0 Å². The van der Waals surface area contributed by atoms with Crippen molar-refractivity contribution in [3.8, 4) is 0 Å². The highest BCUT2D eigenvalue weighted by molar-refractivity contribution is 5.94. The van der Waals surface area contributed by atoms with E-state index in [1.54, 1.807) is 6.20 Å². The Bertz CT molecular complexity index is 710. The second kappa shape index (κ2) is 7.00. The average Bonchev–Trinajstić information content (AvgIpc) is 3.36. The zero-order valence-electron chi connectivity index (χ0n) is 14.8. The van der Waals surface area contributed by atoms with Crippen molar-refractivity contribution in [3.05, 3.63) is 54.1 Å². The van der Waals surface area contributed by atoms with E-state index in [9.17, 15) is 4.79 Å². The molecule has 2 saturated heterocycles. The van der Waals surface area contributed by atoms with Crippen molar-refractivity contribution in [2.45, 2.75) is 44.3 Å². The number of carbonyl (C=O) groups is 1. The van der Waals surface area contributed by atoms with Crippen LogP contribution in [0.2, 0.25) is 0 Å². The molecule has 1 aromatic carbocycles. The summed E-state index contributed by atoms with van der Waals surface area (Å²) in [5.74, 6) is 0.192. The average molecular weight is 338 g/mol. The summed E-state index contributed by atoms with van der Waals surface area (Å²) in [5.41, 5.74) is 1.99. The Labute approximate surface area is 149 Å². The normalized spacial score (nSPS) is 24.1. The second-order valence-corrected chi connectivity index (χ2v) is 7.33. The Balaban J connectivity index is 1.46. The van der Waals surface area contributed by atoms with Gasteiger partial charge in [0.25, 0.3) is 5.91 Å². The van der Waals surface area contributed by atoms with E-state index < -0.39 is 0 Å². The molecule has 0 radical (unpaired) electrons. The summed E-state index contributed by atoms with van der Waals surface area (Å²) in [7, 11) is 2.20. The van der Waals surface area contributed by atoms with Crippen LogP contribution in [0.1, 0.15) is 41.6 Å². The second-order valence-electron chi connectivity index (χ2n) is 7.33. The Morgan fingerprint density at radius 2 is 1.88 bits per heavy atom. The van der Waals surface area contributed by atoms with E-state index in [1.165, 1.54) is 18.4 Å². The molecule has 0 aliphatic carbocycles. The first-order valence-electron chi connectivity index (χ1n) is 9.28.